The minimum Gasteiger partial charge on any atom is -0.393 e. The molecule has 0 aliphatic heterocycles. The molecule has 12 heavy (non-hydrogen) atoms. The normalized spacial score (nSPS) is 18.0. The highest BCUT2D eigenvalue weighted by Crippen LogP contribution is 1.96. The maximum absolute atomic E-state index is 10.7. The predicted molar refractivity (Wildman–Crippen MR) is 36.2 cm³/mol. The third-order valence-electron chi connectivity index (χ3n) is 1.26. The lowest BCUT2D eigenvalue weighted by Gasteiger charge is -2.13. The monoisotopic (exact) mass is 178 g/mol. The molecule has 0 aromatic carbocycles. The summed E-state index contributed by atoms with van der Waals surface area (Å²) in [5.74, 6) is -1.18. The third kappa shape index (κ3) is 2.67. The van der Waals surface area contributed by atoms with Gasteiger partial charge in [0.1, 0.15) is 18.3 Å². The molecule has 0 bridgehead atoms. The maximum atomic E-state index is 10.7. The fourth-order valence-electron chi connectivity index (χ4n) is 0.530. The molecule has 0 aliphatic carbocycles. The zero-order valence-electron chi connectivity index (χ0n) is 6.12. The van der Waals surface area contributed by atoms with E-state index in [4.69, 9.17) is 20.4 Å². The van der Waals surface area contributed by atoms with Crippen molar-refractivity contribution in [1.29, 1.82) is 0 Å². The lowest BCUT2D eigenvalue weighted by atomic mass is 10.1. The standard InChI is InChI=1S/C6H10O6/c7-1-3(9)5(11)6(12)4(10)2-8/h1,3-5,8-11H,2H2/t3-,4-,5+/m0/s1. The van der Waals surface area contributed by atoms with Gasteiger partial charge in [0.15, 0.2) is 12.1 Å². The summed E-state index contributed by atoms with van der Waals surface area (Å²) >= 11 is 0. The Labute approximate surface area is 68.1 Å². The van der Waals surface area contributed by atoms with E-state index in [0.717, 1.165) is 0 Å². The zero-order valence-corrected chi connectivity index (χ0v) is 6.12. The fourth-order valence-corrected chi connectivity index (χ4v) is 0.530. The Bertz CT molecular complexity index is 167. The summed E-state index contributed by atoms with van der Waals surface area (Å²) in [5.41, 5.74) is 0. The first-order valence-corrected chi connectivity index (χ1v) is 3.18. The molecule has 70 valence electrons. The first-order valence-electron chi connectivity index (χ1n) is 3.18. The average Bonchev–Trinajstić information content (AvgIpc) is 2.12. The summed E-state index contributed by atoms with van der Waals surface area (Å²) in [6.07, 6.45) is -5.65. The van der Waals surface area contributed by atoms with Crippen molar-refractivity contribution < 1.29 is 30.0 Å². The van der Waals surface area contributed by atoms with E-state index in [1.54, 1.807) is 0 Å². The second kappa shape index (κ2) is 4.94. The van der Waals surface area contributed by atoms with E-state index in [1.807, 2.05) is 0 Å². The van der Waals surface area contributed by atoms with Gasteiger partial charge in [-0.15, -0.1) is 0 Å². The van der Waals surface area contributed by atoms with Crippen LogP contribution in [0.4, 0.5) is 0 Å². The van der Waals surface area contributed by atoms with Gasteiger partial charge in [-0.25, -0.2) is 0 Å². The summed E-state index contributed by atoms with van der Waals surface area (Å²) in [6.45, 7) is -0.860. The highest BCUT2D eigenvalue weighted by atomic mass is 16.4. The van der Waals surface area contributed by atoms with Crippen LogP contribution in [-0.4, -0.2) is 57.4 Å². The lowest BCUT2D eigenvalue weighted by molar-refractivity contribution is -0.146. The Morgan fingerprint density at radius 2 is 1.83 bits per heavy atom. The van der Waals surface area contributed by atoms with Crippen molar-refractivity contribution in [1.82, 2.24) is 0 Å². The van der Waals surface area contributed by atoms with Gasteiger partial charge in [0.25, 0.3) is 0 Å². The number of hydrogen-bond acceptors (Lipinski definition) is 6. The highest BCUT2D eigenvalue weighted by molar-refractivity contribution is 5.90. The number of hydrogen-bond donors (Lipinski definition) is 4. The Morgan fingerprint density at radius 1 is 1.33 bits per heavy atom. The number of carbonyl (C=O) groups excluding carboxylic acids is 2. The van der Waals surface area contributed by atoms with Crippen LogP contribution in [-0.2, 0) is 9.59 Å². The number of carbonyl (C=O) groups is 2. The van der Waals surface area contributed by atoms with Crippen molar-refractivity contribution in [3.63, 3.8) is 0 Å². The molecule has 3 atom stereocenters. The van der Waals surface area contributed by atoms with E-state index in [2.05, 4.69) is 0 Å². The summed E-state index contributed by atoms with van der Waals surface area (Å²) in [7, 11) is 0. The van der Waals surface area contributed by atoms with Crippen LogP contribution in [0.25, 0.3) is 0 Å². The van der Waals surface area contributed by atoms with Gasteiger partial charge in [-0.1, -0.05) is 0 Å². The minimum absolute atomic E-state index is 0.0351. The minimum atomic E-state index is -1.98. The van der Waals surface area contributed by atoms with E-state index in [-0.39, 0.29) is 6.29 Å². The summed E-state index contributed by atoms with van der Waals surface area (Å²) in [5, 5.41) is 34.3. The molecule has 0 aromatic rings. The molecule has 0 amide bonds. The van der Waals surface area contributed by atoms with Crippen LogP contribution in [0.2, 0.25) is 0 Å². The quantitative estimate of drug-likeness (QED) is 0.330. The van der Waals surface area contributed by atoms with Crippen molar-refractivity contribution >= 4 is 12.1 Å². The van der Waals surface area contributed by atoms with Crippen LogP contribution in [0.5, 0.6) is 0 Å². The molecule has 0 spiro atoms. The van der Waals surface area contributed by atoms with E-state index < -0.39 is 30.7 Å². The van der Waals surface area contributed by atoms with Gasteiger partial charge < -0.3 is 25.2 Å². The lowest BCUT2D eigenvalue weighted by Crippen LogP contribution is -2.42. The Balaban J connectivity index is 4.18. The SMILES string of the molecule is O=C[C@H](O)[C@@H](O)C(=O)[C@@H](O)CO. The first-order chi connectivity index (χ1) is 5.54. The topological polar surface area (TPSA) is 115 Å². The van der Waals surface area contributed by atoms with Gasteiger partial charge >= 0.3 is 0 Å². The van der Waals surface area contributed by atoms with Crippen molar-refractivity contribution in [3.05, 3.63) is 0 Å². The van der Waals surface area contributed by atoms with E-state index >= 15 is 0 Å². The van der Waals surface area contributed by atoms with Crippen LogP contribution in [0.1, 0.15) is 0 Å². The van der Waals surface area contributed by atoms with Gasteiger partial charge in [0.05, 0.1) is 6.61 Å². The summed E-state index contributed by atoms with van der Waals surface area (Å²) in [6, 6.07) is 0. The van der Waals surface area contributed by atoms with Gasteiger partial charge in [0.2, 0.25) is 0 Å². The van der Waals surface area contributed by atoms with Gasteiger partial charge in [-0.05, 0) is 0 Å². The zero-order chi connectivity index (χ0) is 9.72. The number of Topliss-reactive ketones (excluding diaryl/α,β-unsaturated/α-hetero) is 1. The molecule has 0 aromatic heterocycles. The van der Waals surface area contributed by atoms with Crippen molar-refractivity contribution in [3.8, 4) is 0 Å². The van der Waals surface area contributed by atoms with E-state index in [9.17, 15) is 9.59 Å². The Hall–Kier alpha value is -0.820. The van der Waals surface area contributed by atoms with Gasteiger partial charge in [0, 0.05) is 0 Å². The molecule has 0 unspecified atom stereocenters. The van der Waals surface area contributed by atoms with Crippen molar-refractivity contribution in [2.45, 2.75) is 18.3 Å². The van der Waals surface area contributed by atoms with Gasteiger partial charge in [-0.2, -0.15) is 0 Å². The molecule has 0 fully saturated rings. The molecule has 0 radical (unpaired) electrons. The number of ketones is 1. The Morgan fingerprint density at radius 3 is 2.17 bits per heavy atom. The van der Waals surface area contributed by atoms with E-state index in [0.29, 0.717) is 0 Å². The average molecular weight is 178 g/mol. The molecule has 6 nitrogen and oxygen atoms in total. The number of rotatable bonds is 5. The Kier molecular flexibility index (Phi) is 4.60. The third-order valence-corrected chi connectivity index (χ3v) is 1.26. The van der Waals surface area contributed by atoms with Crippen molar-refractivity contribution in [2.24, 2.45) is 0 Å². The summed E-state index contributed by atoms with van der Waals surface area (Å²) < 4.78 is 0. The van der Waals surface area contributed by atoms with Crippen LogP contribution in [0.15, 0.2) is 0 Å². The molecule has 4 N–H and O–H groups in total. The predicted octanol–water partition coefficient (Wildman–Crippen LogP) is -3.17. The maximum Gasteiger partial charge on any atom is 0.195 e. The van der Waals surface area contributed by atoms with Crippen LogP contribution >= 0.6 is 0 Å². The number of aliphatic hydroxyl groups is 4. The molecular formula is C6H10O6. The molecule has 0 heterocycles. The molecule has 6 heteroatoms. The molecule has 0 aliphatic rings. The summed E-state index contributed by atoms with van der Waals surface area (Å²) in [4.78, 5) is 20.6. The largest absolute Gasteiger partial charge is 0.393 e. The van der Waals surface area contributed by atoms with Crippen LogP contribution in [0, 0.1) is 0 Å². The number of aldehydes is 1. The fraction of sp³-hybridized carbons (Fsp3) is 0.667. The first kappa shape index (κ1) is 11.2. The molecular weight excluding hydrogens is 168 g/mol. The van der Waals surface area contributed by atoms with Crippen molar-refractivity contribution in [2.75, 3.05) is 6.61 Å². The second-order valence-corrected chi connectivity index (χ2v) is 2.17. The molecule has 0 saturated carbocycles. The molecule has 0 saturated heterocycles. The number of aliphatic hydroxyl groups excluding tert-OH is 4. The van der Waals surface area contributed by atoms with Crippen LogP contribution in [0.3, 0.4) is 0 Å². The van der Waals surface area contributed by atoms with E-state index in [1.165, 1.54) is 0 Å². The smallest absolute Gasteiger partial charge is 0.195 e. The van der Waals surface area contributed by atoms with Crippen LogP contribution < -0.4 is 0 Å². The molecule has 0 rings (SSSR count). The highest BCUT2D eigenvalue weighted by Gasteiger charge is 2.28. The second-order valence-electron chi connectivity index (χ2n) is 2.17. The van der Waals surface area contributed by atoms with Gasteiger partial charge in [-0.3, -0.25) is 4.79 Å².